The van der Waals surface area contributed by atoms with Crippen molar-refractivity contribution < 1.29 is 10.2 Å². The van der Waals surface area contributed by atoms with Gasteiger partial charge < -0.3 is 10.2 Å². The van der Waals surface area contributed by atoms with Crippen LogP contribution < -0.4 is 0 Å². The Bertz CT molecular complexity index is 274. The van der Waals surface area contributed by atoms with Gasteiger partial charge >= 0.3 is 0 Å². The van der Waals surface area contributed by atoms with Gasteiger partial charge in [-0.25, -0.2) is 0 Å². The Kier molecular flexibility index (Phi) is 2.87. The van der Waals surface area contributed by atoms with E-state index in [-0.39, 0.29) is 12.0 Å². The van der Waals surface area contributed by atoms with Gasteiger partial charge in [-0.1, -0.05) is 33.6 Å². The smallest absolute Gasteiger partial charge is 0.0933 e. The molecule has 2 heteroatoms. The van der Waals surface area contributed by atoms with Gasteiger partial charge in [0.15, 0.2) is 0 Å². The summed E-state index contributed by atoms with van der Waals surface area (Å²) in [5, 5.41) is 20.3. The Morgan fingerprint density at radius 3 is 2.38 bits per heavy atom. The van der Waals surface area contributed by atoms with Crippen LogP contribution >= 0.6 is 0 Å². The maximum Gasteiger partial charge on any atom is 0.0933 e. The lowest BCUT2D eigenvalue weighted by Gasteiger charge is -2.60. The van der Waals surface area contributed by atoms with E-state index in [0.29, 0.717) is 11.3 Å². The van der Waals surface area contributed by atoms with E-state index in [1.54, 1.807) is 0 Å². The van der Waals surface area contributed by atoms with Gasteiger partial charge in [-0.2, -0.15) is 0 Å². The van der Waals surface area contributed by atoms with Crippen LogP contribution in [-0.2, 0) is 0 Å². The van der Waals surface area contributed by atoms with Gasteiger partial charge in [0.25, 0.3) is 0 Å². The Morgan fingerprint density at radius 2 is 1.75 bits per heavy atom. The van der Waals surface area contributed by atoms with Gasteiger partial charge in [-0.3, -0.25) is 0 Å². The summed E-state index contributed by atoms with van der Waals surface area (Å²) in [5.74, 6) is 0.555. The maximum atomic E-state index is 10.7. The Morgan fingerprint density at radius 1 is 1.06 bits per heavy atom. The molecule has 1 unspecified atom stereocenters. The SMILES string of the molecule is CC1(C)CCC[C@@]2(C)[C@H]1CCCC2(O)CO. The average molecular weight is 226 g/mol. The van der Waals surface area contributed by atoms with Gasteiger partial charge in [-0.05, 0) is 37.0 Å². The molecule has 2 aliphatic rings. The average Bonchev–Trinajstić information content (AvgIpc) is 2.20. The van der Waals surface area contributed by atoms with Crippen LogP contribution in [0.25, 0.3) is 0 Å². The summed E-state index contributed by atoms with van der Waals surface area (Å²) in [6, 6.07) is 0. The largest absolute Gasteiger partial charge is 0.393 e. The highest BCUT2D eigenvalue weighted by Gasteiger charge is 2.58. The van der Waals surface area contributed by atoms with Crippen molar-refractivity contribution in [2.24, 2.45) is 16.7 Å². The molecule has 2 rings (SSSR count). The van der Waals surface area contributed by atoms with Gasteiger partial charge in [-0.15, -0.1) is 0 Å². The molecule has 0 radical (unpaired) electrons. The Balaban J connectivity index is 2.37. The lowest BCUT2D eigenvalue weighted by atomic mass is 9.47. The van der Waals surface area contributed by atoms with E-state index in [0.717, 1.165) is 19.3 Å². The first-order valence-corrected chi connectivity index (χ1v) is 6.69. The molecule has 0 aromatic heterocycles. The maximum absolute atomic E-state index is 10.7. The molecule has 0 bridgehead atoms. The zero-order valence-electron chi connectivity index (χ0n) is 10.9. The Hall–Kier alpha value is -0.0800. The molecule has 3 atom stereocenters. The summed E-state index contributed by atoms with van der Waals surface area (Å²) in [4.78, 5) is 0. The standard InChI is InChI=1S/C14H26O2/c1-12(2)7-5-8-13(3)11(12)6-4-9-14(13,16)10-15/h11,15-16H,4-10H2,1-3H3/t11-,13-,14?/m0/s1. The minimum atomic E-state index is -0.840. The number of aliphatic hydroxyl groups is 2. The van der Waals surface area contributed by atoms with E-state index in [2.05, 4.69) is 20.8 Å². The third kappa shape index (κ3) is 1.53. The molecule has 0 heterocycles. The fourth-order valence-corrected chi connectivity index (χ4v) is 4.53. The lowest BCUT2D eigenvalue weighted by molar-refractivity contribution is -0.199. The van der Waals surface area contributed by atoms with Gasteiger partial charge in [0.1, 0.15) is 0 Å². The highest BCUT2D eigenvalue weighted by molar-refractivity contribution is 5.08. The second-order valence-electron chi connectivity index (χ2n) is 6.89. The van der Waals surface area contributed by atoms with Crippen LogP contribution in [0, 0.1) is 16.7 Å². The molecule has 2 saturated carbocycles. The number of aliphatic hydroxyl groups excluding tert-OH is 1. The van der Waals surface area contributed by atoms with Gasteiger partial charge in [0.05, 0.1) is 12.2 Å². The summed E-state index contributed by atoms with van der Waals surface area (Å²) < 4.78 is 0. The minimum Gasteiger partial charge on any atom is -0.393 e. The van der Waals surface area contributed by atoms with Gasteiger partial charge in [0, 0.05) is 5.41 Å². The number of hydrogen-bond donors (Lipinski definition) is 2. The van der Waals surface area contributed by atoms with Crippen LogP contribution in [0.1, 0.15) is 59.3 Å². The van der Waals surface area contributed by atoms with Crippen LogP contribution in [0.3, 0.4) is 0 Å². The van der Waals surface area contributed by atoms with E-state index >= 15 is 0 Å². The molecule has 0 aromatic carbocycles. The van der Waals surface area contributed by atoms with Crippen molar-refractivity contribution in [2.75, 3.05) is 6.61 Å². The van der Waals surface area contributed by atoms with E-state index in [1.165, 1.54) is 19.3 Å². The monoisotopic (exact) mass is 226 g/mol. The molecule has 0 spiro atoms. The van der Waals surface area contributed by atoms with Crippen molar-refractivity contribution in [3.63, 3.8) is 0 Å². The van der Waals surface area contributed by atoms with Gasteiger partial charge in [0.2, 0.25) is 0 Å². The molecule has 0 aromatic rings. The molecule has 2 fully saturated rings. The van der Waals surface area contributed by atoms with Crippen LogP contribution in [0.15, 0.2) is 0 Å². The van der Waals surface area contributed by atoms with E-state index in [9.17, 15) is 10.2 Å². The number of hydrogen-bond acceptors (Lipinski definition) is 2. The summed E-state index contributed by atoms with van der Waals surface area (Å²) >= 11 is 0. The molecular weight excluding hydrogens is 200 g/mol. The zero-order valence-corrected chi connectivity index (χ0v) is 10.9. The third-order valence-electron chi connectivity index (χ3n) is 5.64. The van der Waals surface area contributed by atoms with E-state index in [1.807, 2.05) is 0 Å². The first-order chi connectivity index (χ1) is 7.36. The summed E-state index contributed by atoms with van der Waals surface area (Å²) in [6.07, 6.45) is 6.55. The quantitative estimate of drug-likeness (QED) is 0.721. The Labute approximate surface area is 99.1 Å². The zero-order chi connectivity index (χ0) is 12.0. The minimum absolute atomic E-state index is 0.0733. The predicted molar refractivity (Wildman–Crippen MR) is 65.1 cm³/mol. The summed E-state index contributed by atoms with van der Waals surface area (Å²) in [6.45, 7) is 6.79. The fourth-order valence-electron chi connectivity index (χ4n) is 4.53. The molecule has 2 N–H and O–H groups in total. The second kappa shape index (κ2) is 3.71. The van der Waals surface area contributed by atoms with Crippen molar-refractivity contribution in [3.05, 3.63) is 0 Å². The molecule has 2 nitrogen and oxygen atoms in total. The molecule has 2 aliphatic carbocycles. The topological polar surface area (TPSA) is 40.5 Å². The van der Waals surface area contributed by atoms with Crippen molar-refractivity contribution in [3.8, 4) is 0 Å². The van der Waals surface area contributed by atoms with Crippen molar-refractivity contribution in [1.29, 1.82) is 0 Å². The van der Waals surface area contributed by atoms with Crippen molar-refractivity contribution in [2.45, 2.75) is 64.9 Å². The summed E-state index contributed by atoms with van der Waals surface area (Å²) in [5.41, 5.74) is -0.605. The van der Waals surface area contributed by atoms with Crippen LogP contribution in [0.2, 0.25) is 0 Å². The first kappa shape index (κ1) is 12.4. The van der Waals surface area contributed by atoms with Crippen molar-refractivity contribution >= 4 is 0 Å². The highest BCUT2D eigenvalue weighted by atomic mass is 16.3. The molecular formula is C14H26O2. The molecule has 0 amide bonds. The van der Waals surface area contributed by atoms with Crippen LogP contribution in [-0.4, -0.2) is 22.4 Å². The highest BCUT2D eigenvalue weighted by Crippen LogP contribution is 2.60. The van der Waals surface area contributed by atoms with E-state index < -0.39 is 5.60 Å². The third-order valence-corrected chi connectivity index (χ3v) is 5.64. The normalized spacial score (nSPS) is 47.4. The molecule has 0 aliphatic heterocycles. The lowest BCUT2D eigenvalue weighted by Crippen LogP contribution is -2.60. The second-order valence-corrected chi connectivity index (χ2v) is 6.89. The number of fused-ring (bicyclic) bond motifs is 1. The van der Waals surface area contributed by atoms with Crippen molar-refractivity contribution in [1.82, 2.24) is 0 Å². The first-order valence-electron chi connectivity index (χ1n) is 6.69. The van der Waals surface area contributed by atoms with Crippen LogP contribution in [0.4, 0.5) is 0 Å². The number of rotatable bonds is 1. The predicted octanol–water partition coefficient (Wildman–Crippen LogP) is 2.73. The molecule has 0 saturated heterocycles. The van der Waals surface area contributed by atoms with E-state index in [4.69, 9.17) is 0 Å². The van der Waals surface area contributed by atoms with Crippen LogP contribution in [0.5, 0.6) is 0 Å². The molecule has 16 heavy (non-hydrogen) atoms. The molecule has 94 valence electrons. The summed E-state index contributed by atoms with van der Waals surface area (Å²) in [7, 11) is 0. The fraction of sp³-hybridized carbons (Fsp3) is 1.00.